The highest BCUT2D eigenvalue weighted by Gasteiger charge is 2.28. The van der Waals surface area contributed by atoms with Crippen molar-refractivity contribution < 1.29 is 33.0 Å². The predicted octanol–water partition coefficient (Wildman–Crippen LogP) is -0.317. The molecule has 0 rings (SSSR count). The number of rotatable bonds is 5. The summed E-state index contributed by atoms with van der Waals surface area (Å²) in [4.78, 5) is 21.3. The Kier molecular flexibility index (Phi) is 5.57. The number of carbonyl (C=O) groups excluding carboxylic acids is 1. The maximum atomic E-state index is 11.7. The van der Waals surface area contributed by atoms with E-state index in [0.29, 0.717) is 0 Å². The lowest BCUT2D eigenvalue weighted by molar-refractivity contribution is -0.139. The summed E-state index contributed by atoms with van der Waals surface area (Å²) < 4.78 is 35.0. The summed E-state index contributed by atoms with van der Waals surface area (Å²) in [6.07, 6.45) is -4.85. The Morgan fingerprint density at radius 1 is 1.31 bits per heavy atom. The SMILES string of the molecule is O=C(NCC(F)(F)F)N[C@@H](CCO)C(=O)O. The van der Waals surface area contributed by atoms with E-state index in [0.717, 1.165) is 0 Å². The molecule has 0 aliphatic heterocycles. The summed E-state index contributed by atoms with van der Waals surface area (Å²) in [5, 5.41) is 20.2. The van der Waals surface area contributed by atoms with Gasteiger partial charge in [0.15, 0.2) is 0 Å². The highest BCUT2D eigenvalue weighted by atomic mass is 19.4. The van der Waals surface area contributed by atoms with E-state index in [2.05, 4.69) is 0 Å². The highest BCUT2D eigenvalue weighted by Crippen LogP contribution is 2.11. The van der Waals surface area contributed by atoms with Crippen LogP contribution in [0.15, 0.2) is 0 Å². The van der Waals surface area contributed by atoms with Crippen LogP contribution in [-0.4, -0.2) is 47.6 Å². The molecule has 94 valence electrons. The fourth-order valence-electron chi connectivity index (χ4n) is 0.776. The van der Waals surface area contributed by atoms with Crippen molar-refractivity contribution in [2.45, 2.75) is 18.6 Å². The number of urea groups is 1. The van der Waals surface area contributed by atoms with E-state index < -0.39 is 37.4 Å². The Balaban J connectivity index is 4.05. The van der Waals surface area contributed by atoms with Crippen molar-refractivity contribution in [2.75, 3.05) is 13.2 Å². The van der Waals surface area contributed by atoms with Crippen LogP contribution in [0, 0.1) is 0 Å². The molecule has 0 saturated carbocycles. The topological polar surface area (TPSA) is 98.7 Å². The number of aliphatic hydroxyl groups excluding tert-OH is 1. The second-order valence-electron chi connectivity index (χ2n) is 2.85. The van der Waals surface area contributed by atoms with Crippen LogP contribution in [0.4, 0.5) is 18.0 Å². The molecule has 0 bridgehead atoms. The highest BCUT2D eigenvalue weighted by molar-refractivity contribution is 5.82. The summed E-state index contributed by atoms with van der Waals surface area (Å²) in [6, 6.07) is -2.67. The van der Waals surface area contributed by atoms with Gasteiger partial charge in [-0.05, 0) is 0 Å². The second-order valence-corrected chi connectivity index (χ2v) is 2.85. The van der Waals surface area contributed by atoms with E-state index in [-0.39, 0.29) is 6.42 Å². The number of alkyl halides is 3. The van der Waals surface area contributed by atoms with E-state index in [1.807, 2.05) is 0 Å². The van der Waals surface area contributed by atoms with Crippen molar-refractivity contribution in [2.24, 2.45) is 0 Å². The number of halogens is 3. The van der Waals surface area contributed by atoms with E-state index in [4.69, 9.17) is 10.2 Å². The Bertz CT molecular complexity index is 257. The Hall–Kier alpha value is -1.51. The average Bonchev–Trinajstić information content (AvgIpc) is 2.13. The fourth-order valence-corrected chi connectivity index (χ4v) is 0.776. The zero-order chi connectivity index (χ0) is 12.8. The molecule has 0 aromatic rings. The molecular formula is C7H11F3N2O4. The van der Waals surface area contributed by atoms with Crippen molar-refractivity contribution >= 4 is 12.0 Å². The number of aliphatic hydroxyl groups is 1. The number of amides is 2. The standard InChI is InChI=1S/C7H11F3N2O4/c8-7(9,10)3-11-6(16)12-4(1-2-13)5(14)15/h4,13H,1-3H2,(H,14,15)(H2,11,12,16)/t4-/m0/s1. The predicted molar refractivity (Wildman–Crippen MR) is 45.7 cm³/mol. The molecule has 0 radical (unpaired) electrons. The molecule has 0 aromatic carbocycles. The molecule has 2 amide bonds. The number of carbonyl (C=O) groups is 2. The minimum Gasteiger partial charge on any atom is -0.480 e. The number of carboxylic acids is 1. The second kappa shape index (κ2) is 6.16. The van der Waals surface area contributed by atoms with Gasteiger partial charge in [-0.1, -0.05) is 0 Å². The van der Waals surface area contributed by atoms with Gasteiger partial charge in [-0.25, -0.2) is 9.59 Å². The van der Waals surface area contributed by atoms with Gasteiger partial charge >= 0.3 is 18.2 Å². The molecule has 0 aromatic heterocycles. The number of carboxylic acid groups (broad SMARTS) is 1. The third kappa shape index (κ3) is 6.87. The average molecular weight is 244 g/mol. The van der Waals surface area contributed by atoms with Gasteiger partial charge in [0.25, 0.3) is 0 Å². The van der Waals surface area contributed by atoms with Crippen LogP contribution in [0.5, 0.6) is 0 Å². The Morgan fingerprint density at radius 3 is 2.25 bits per heavy atom. The molecule has 16 heavy (non-hydrogen) atoms. The Labute approximate surface area is 88.4 Å². The van der Waals surface area contributed by atoms with E-state index in [1.54, 1.807) is 5.32 Å². The first-order valence-electron chi connectivity index (χ1n) is 4.21. The lowest BCUT2D eigenvalue weighted by Crippen LogP contribution is -2.48. The smallest absolute Gasteiger partial charge is 0.405 e. The molecule has 9 heteroatoms. The molecule has 0 unspecified atom stereocenters. The fraction of sp³-hybridized carbons (Fsp3) is 0.714. The molecule has 0 heterocycles. The minimum atomic E-state index is -4.56. The molecule has 6 nitrogen and oxygen atoms in total. The van der Waals surface area contributed by atoms with Crippen LogP contribution >= 0.6 is 0 Å². The van der Waals surface area contributed by atoms with Crippen molar-refractivity contribution in [3.63, 3.8) is 0 Å². The lowest BCUT2D eigenvalue weighted by atomic mass is 10.2. The van der Waals surface area contributed by atoms with Crippen LogP contribution in [0.2, 0.25) is 0 Å². The van der Waals surface area contributed by atoms with Crippen LogP contribution in [-0.2, 0) is 4.79 Å². The molecule has 0 spiro atoms. The molecule has 1 atom stereocenters. The van der Waals surface area contributed by atoms with Gasteiger partial charge in [-0.2, -0.15) is 13.2 Å². The van der Waals surface area contributed by atoms with Crippen LogP contribution < -0.4 is 10.6 Å². The van der Waals surface area contributed by atoms with Gasteiger partial charge < -0.3 is 20.8 Å². The van der Waals surface area contributed by atoms with E-state index in [9.17, 15) is 22.8 Å². The largest absolute Gasteiger partial charge is 0.480 e. The minimum absolute atomic E-state index is 0.283. The Morgan fingerprint density at radius 2 is 1.88 bits per heavy atom. The summed E-state index contributed by atoms with van der Waals surface area (Å²) in [7, 11) is 0. The van der Waals surface area contributed by atoms with E-state index in [1.165, 1.54) is 5.32 Å². The summed E-state index contributed by atoms with van der Waals surface area (Å²) in [6.45, 7) is -2.05. The first-order chi connectivity index (χ1) is 7.26. The van der Waals surface area contributed by atoms with Crippen LogP contribution in [0.25, 0.3) is 0 Å². The number of nitrogens with one attached hydrogen (secondary N) is 2. The maximum Gasteiger partial charge on any atom is 0.405 e. The zero-order valence-electron chi connectivity index (χ0n) is 8.04. The first-order valence-corrected chi connectivity index (χ1v) is 4.21. The van der Waals surface area contributed by atoms with Gasteiger partial charge in [0.05, 0.1) is 0 Å². The van der Waals surface area contributed by atoms with Crippen molar-refractivity contribution in [3.8, 4) is 0 Å². The first kappa shape index (κ1) is 14.5. The quantitative estimate of drug-likeness (QED) is 0.532. The van der Waals surface area contributed by atoms with Gasteiger partial charge in [-0.15, -0.1) is 0 Å². The molecule has 0 aliphatic rings. The van der Waals surface area contributed by atoms with Crippen molar-refractivity contribution in [3.05, 3.63) is 0 Å². The summed E-state index contributed by atoms with van der Waals surface area (Å²) in [5.41, 5.74) is 0. The lowest BCUT2D eigenvalue weighted by Gasteiger charge is -2.14. The van der Waals surface area contributed by atoms with Crippen LogP contribution in [0.1, 0.15) is 6.42 Å². The number of hydrogen-bond donors (Lipinski definition) is 4. The van der Waals surface area contributed by atoms with Gasteiger partial charge in [0.1, 0.15) is 12.6 Å². The third-order valence-corrected chi connectivity index (χ3v) is 1.47. The molecule has 4 N–H and O–H groups in total. The molecule has 0 fully saturated rings. The summed E-state index contributed by atoms with van der Waals surface area (Å²) >= 11 is 0. The van der Waals surface area contributed by atoms with Gasteiger partial charge in [0.2, 0.25) is 0 Å². The van der Waals surface area contributed by atoms with Gasteiger partial charge in [0, 0.05) is 13.0 Å². The maximum absolute atomic E-state index is 11.7. The normalized spacial score (nSPS) is 13.0. The van der Waals surface area contributed by atoms with Crippen LogP contribution in [0.3, 0.4) is 0 Å². The van der Waals surface area contributed by atoms with Crippen molar-refractivity contribution in [1.82, 2.24) is 10.6 Å². The molecule has 0 saturated heterocycles. The zero-order valence-corrected chi connectivity index (χ0v) is 8.04. The molecule has 0 aliphatic carbocycles. The third-order valence-electron chi connectivity index (χ3n) is 1.47. The number of aliphatic carboxylic acids is 1. The summed E-state index contributed by atoms with van der Waals surface area (Å²) in [5.74, 6) is -1.43. The van der Waals surface area contributed by atoms with E-state index >= 15 is 0 Å². The molecular weight excluding hydrogens is 233 g/mol. The van der Waals surface area contributed by atoms with Gasteiger partial charge in [-0.3, -0.25) is 0 Å². The van der Waals surface area contributed by atoms with Crippen molar-refractivity contribution in [1.29, 1.82) is 0 Å². The monoisotopic (exact) mass is 244 g/mol. The number of hydrogen-bond acceptors (Lipinski definition) is 3.